The third-order valence-electron chi connectivity index (χ3n) is 3.13. The van der Waals surface area contributed by atoms with Crippen LogP contribution >= 0.6 is 23.2 Å². The van der Waals surface area contributed by atoms with E-state index in [4.69, 9.17) is 23.2 Å². The van der Waals surface area contributed by atoms with Crippen molar-refractivity contribution in [3.8, 4) is 0 Å². The molecule has 0 bridgehead atoms. The molecule has 128 valence electrons. The van der Waals surface area contributed by atoms with E-state index >= 15 is 0 Å². The fourth-order valence-electron chi connectivity index (χ4n) is 1.94. The van der Waals surface area contributed by atoms with Gasteiger partial charge in [0, 0.05) is 18.4 Å². The average Bonchev–Trinajstić information content (AvgIpc) is 2.55. The Balaban J connectivity index is 1.97. The number of hydrogen-bond acceptors (Lipinski definition) is 5. The Morgan fingerprint density at radius 1 is 1.21 bits per heavy atom. The van der Waals surface area contributed by atoms with E-state index < -0.39 is 0 Å². The van der Waals surface area contributed by atoms with Crippen molar-refractivity contribution in [2.24, 2.45) is 0 Å². The summed E-state index contributed by atoms with van der Waals surface area (Å²) >= 11 is 11.9. The molecule has 0 aliphatic heterocycles. The van der Waals surface area contributed by atoms with Crippen LogP contribution in [0.15, 0.2) is 30.5 Å². The fourth-order valence-corrected chi connectivity index (χ4v) is 2.23. The largest absolute Gasteiger partial charge is 0.351 e. The molecule has 0 radical (unpaired) electrons. The lowest BCUT2D eigenvalue weighted by molar-refractivity contribution is 0.0947. The normalized spacial score (nSPS) is 10.7. The molecule has 2 aromatic rings. The number of nitrogens with one attached hydrogen (secondary N) is 2. The Labute approximate surface area is 151 Å². The molecule has 2 rings (SSSR count). The van der Waals surface area contributed by atoms with E-state index in [0.717, 1.165) is 13.0 Å². The van der Waals surface area contributed by atoms with Crippen molar-refractivity contribution in [2.75, 3.05) is 32.5 Å². The zero-order valence-electron chi connectivity index (χ0n) is 13.5. The predicted molar refractivity (Wildman–Crippen MR) is 97.3 cm³/mol. The Bertz CT molecular complexity index is 709. The first kappa shape index (κ1) is 18.4. The van der Waals surface area contributed by atoms with Crippen LogP contribution < -0.4 is 10.6 Å². The van der Waals surface area contributed by atoms with Gasteiger partial charge in [0.25, 0.3) is 5.91 Å². The van der Waals surface area contributed by atoms with Gasteiger partial charge in [-0.3, -0.25) is 4.79 Å². The highest BCUT2D eigenvalue weighted by Crippen LogP contribution is 2.26. The standard InChI is InChI=1S/C16H19Cl2N5O/c1-23(2)9-3-7-19-15(24)14-6-8-20-16(22-14)21-11-4-5-12(17)13(18)10-11/h4-6,8,10H,3,7,9H2,1-2H3,(H,19,24)(H,20,21,22). The van der Waals surface area contributed by atoms with Crippen LogP contribution in [-0.4, -0.2) is 48.0 Å². The van der Waals surface area contributed by atoms with Gasteiger partial charge in [-0.15, -0.1) is 0 Å². The predicted octanol–water partition coefficient (Wildman–Crippen LogP) is 3.21. The van der Waals surface area contributed by atoms with Crippen molar-refractivity contribution in [3.05, 3.63) is 46.2 Å². The number of amides is 1. The van der Waals surface area contributed by atoms with Crippen LogP contribution in [0, 0.1) is 0 Å². The van der Waals surface area contributed by atoms with Gasteiger partial charge in [-0.1, -0.05) is 23.2 Å². The second-order valence-electron chi connectivity index (χ2n) is 5.43. The number of nitrogens with zero attached hydrogens (tertiary/aromatic N) is 3. The van der Waals surface area contributed by atoms with Crippen LogP contribution in [-0.2, 0) is 0 Å². The molecule has 0 spiro atoms. The summed E-state index contributed by atoms with van der Waals surface area (Å²) in [6.45, 7) is 1.50. The first-order chi connectivity index (χ1) is 11.5. The number of aromatic nitrogens is 2. The van der Waals surface area contributed by atoms with E-state index in [0.29, 0.717) is 33.9 Å². The van der Waals surface area contributed by atoms with Crippen molar-refractivity contribution < 1.29 is 4.79 Å². The van der Waals surface area contributed by atoms with Crippen molar-refractivity contribution >= 4 is 40.7 Å². The lowest BCUT2D eigenvalue weighted by atomic mass is 10.3. The molecule has 0 fully saturated rings. The van der Waals surface area contributed by atoms with Crippen LogP contribution in [0.3, 0.4) is 0 Å². The number of anilines is 2. The Kier molecular flexibility index (Phi) is 6.78. The summed E-state index contributed by atoms with van der Waals surface area (Å²) in [4.78, 5) is 22.5. The molecule has 1 amide bonds. The highest BCUT2D eigenvalue weighted by atomic mass is 35.5. The molecule has 24 heavy (non-hydrogen) atoms. The first-order valence-electron chi connectivity index (χ1n) is 7.44. The third-order valence-corrected chi connectivity index (χ3v) is 3.87. The number of carbonyl (C=O) groups is 1. The smallest absolute Gasteiger partial charge is 0.270 e. The third kappa shape index (κ3) is 5.63. The molecule has 0 saturated heterocycles. The number of benzene rings is 1. The highest BCUT2D eigenvalue weighted by molar-refractivity contribution is 6.42. The summed E-state index contributed by atoms with van der Waals surface area (Å²) in [5, 5.41) is 6.73. The van der Waals surface area contributed by atoms with Gasteiger partial charge in [0.1, 0.15) is 5.69 Å². The lowest BCUT2D eigenvalue weighted by Gasteiger charge is -2.10. The van der Waals surface area contributed by atoms with Gasteiger partial charge in [0.15, 0.2) is 0 Å². The number of halogens is 2. The Morgan fingerprint density at radius 2 is 2.00 bits per heavy atom. The fraction of sp³-hybridized carbons (Fsp3) is 0.312. The van der Waals surface area contributed by atoms with Crippen molar-refractivity contribution in [1.29, 1.82) is 0 Å². The molecule has 0 atom stereocenters. The van der Waals surface area contributed by atoms with Crippen LogP contribution in [0.1, 0.15) is 16.9 Å². The van der Waals surface area contributed by atoms with Gasteiger partial charge in [-0.05, 0) is 51.3 Å². The zero-order valence-corrected chi connectivity index (χ0v) is 15.0. The summed E-state index contributed by atoms with van der Waals surface area (Å²) in [7, 11) is 3.99. The van der Waals surface area contributed by atoms with Crippen molar-refractivity contribution in [3.63, 3.8) is 0 Å². The molecule has 1 aromatic carbocycles. The maximum Gasteiger partial charge on any atom is 0.270 e. The molecular formula is C16H19Cl2N5O. The molecule has 0 aliphatic carbocycles. The molecule has 2 N–H and O–H groups in total. The average molecular weight is 368 g/mol. The van der Waals surface area contributed by atoms with Crippen LogP contribution in [0.2, 0.25) is 10.0 Å². The molecule has 1 aromatic heterocycles. The van der Waals surface area contributed by atoms with E-state index in [2.05, 4.69) is 25.5 Å². The van der Waals surface area contributed by atoms with Crippen LogP contribution in [0.25, 0.3) is 0 Å². The van der Waals surface area contributed by atoms with Gasteiger partial charge in [0.2, 0.25) is 5.95 Å². The van der Waals surface area contributed by atoms with Crippen LogP contribution in [0.5, 0.6) is 0 Å². The number of rotatable bonds is 7. The topological polar surface area (TPSA) is 70.2 Å². The van der Waals surface area contributed by atoms with Gasteiger partial charge in [0.05, 0.1) is 10.0 Å². The van der Waals surface area contributed by atoms with Crippen molar-refractivity contribution in [1.82, 2.24) is 20.2 Å². The first-order valence-corrected chi connectivity index (χ1v) is 8.19. The summed E-state index contributed by atoms with van der Waals surface area (Å²) in [6.07, 6.45) is 2.40. The second-order valence-corrected chi connectivity index (χ2v) is 6.25. The number of carbonyl (C=O) groups excluding carboxylic acids is 1. The number of hydrogen-bond donors (Lipinski definition) is 2. The molecule has 1 heterocycles. The van der Waals surface area contributed by atoms with Gasteiger partial charge >= 0.3 is 0 Å². The molecule has 0 saturated carbocycles. The summed E-state index contributed by atoms with van der Waals surface area (Å²) in [5.41, 5.74) is 0.991. The van der Waals surface area contributed by atoms with E-state index in [1.807, 2.05) is 14.1 Å². The summed E-state index contributed by atoms with van der Waals surface area (Å²) in [5.74, 6) is 0.0858. The Hall–Kier alpha value is -1.89. The monoisotopic (exact) mass is 367 g/mol. The quantitative estimate of drug-likeness (QED) is 0.735. The van der Waals surface area contributed by atoms with Gasteiger partial charge in [-0.2, -0.15) is 0 Å². The van der Waals surface area contributed by atoms with Crippen LogP contribution in [0.4, 0.5) is 11.6 Å². The van der Waals surface area contributed by atoms with E-state index in [1.165, 1.54) is 6.20 Å². The Morgan fingerprint density at radius 3 is 2.71 bits per heavy atom. The minimum Gasteiger partial charge on any atom is -0.351 e. The van der Waals surface area contributed by atoms with E-state index in [9.17, 15) is 4.79 Å². The van der Waals surface area contributed by atoms with E-state index in [1.54, 1.807) is 24.3 Å². The van der Waals surface area contributed by atoms with E-state index in [-0.39, 0.29) is 5.91 Å². The molecule has 0 aliphatic rings. The maximum atomic E-state index is 12.1. The summed E-state index contributed by atoms with van der Waals surface area (Å²) in [6, 6.07) is 6.67. The molecular weight excluding hydrogens is 349 g/mol. The van der Waals surface area contributed by atoms with Gasteiger partial charge in [-0.25, -0.2) is 9.97 Å². The maximum absolute atomic E-state index is 12.1. The molecule has 6 nitrogen and oxygen atoms in total. The minimum absolute atomic E-state index is 0.228. The second kappa shape index (κ2) is 8.82. The van der Waals surface area contributed by atoms with Gasteiger partial charge < -0.3 is 15.5 Å². The molecule has 0 unspecified atom stereocenters. The lowest BCUT2D eigenvalue weighted by Crippen LogP contribution is -2.28. The minimum atomic E-state index is -0.228. The molecule has 8 heteroatoms. The zero-order chi connectivity index (χ0) is 17.5. The van der Waals surface area contributed by atoms with Crippen molar-refractivity contribution in [2.45, 2.75) is 6.42 Å². The SMILES string of the molecule is CN(C)CCCNC(=O)c1ccnc(Nc2ccc(Cl)c(Cl)c2)n1. The highest BCUT2D eigenvalue weighted by Gasteiger charge is 2.09. The summed E-state index contributed by atoms with van der Waals surface area (Å²) < 4.78 is 0.